The summed E-state index contributed by atoms with van der Waals surface area (Å²) in [5, 5.41) is 5.46. The van der Waals surface area contributed by atoms with Crippen LogP contribution in [-0.2, 0) is 4.74 Å². The molecule has 1 aromatic carbocycles. The Hall–Kier alpha value is -2.11. The van der Waals surface area contributed by atoms with Gasteiger partial charge in [0.2, 0.25) is 0 Å². The van der Waals surface area contributed by atoms with Crippen LogP contribution in [0.15, 0.2) is 24.3 Å². The summed E-state index contributed by atoms with van der Waals surface area (Å²) in [4.78, 5) is 23.2. The lowest BCUT2D eigenvalue weighted by Gasteiger charge is -2.19. The molecule has 0 aliphatic rings. The van der Waals surface area contributed by atoms with E-state index in [0.717, 1.165) is 19.3 Å². The van der Waals surface area contributed by atoms with Gasteiger partial charge in [0.05, 0.1) is 0 Å². The van der Waals surface area contributed by atoms with Crippen LogP contribution in [0.3, 0.4) is 0 Å². The van der Waals surface area contributed by atoms with Gasteiger partial charge < -0.3 is 15.4 Å². The number of benzene rings is 1. The van der Waals surface area contributed by atoms with Gasteiger partial charge in [0, 0.05) is 18.7 Å². The first kappa shape index (κ1) is 18.9. The molecule has 0 saturated heterocycles. The van der Waals surface area contributed by atoms with E-state index in [2.05, 4.69) is 10.6 Å². The van der Waals surface area contributed by atoms with Gasteiger partial charge in [0.25, 0.3) is 5.91 Å². The summed E-state index contributed by atoms with van der Waals surface area (Å²) in [5.41, 5.74) is -0.0488. The smallest absolute Gasteiger partial charge is 0.407 e. The maximum Gasteiger partial charge on any atom is 0.407 e. The largest absolute Gasteiger partial charge is 0.444 e. The first-order valence-corrected chi connectivity index (χ1v) is 7.78. The predicted octanol–water partition coefficient (Wildman–Crippen LogP) is 3.25. The Labute approximate surface area is 136 Å². The standard InChI is InChI=1S/C17H25FN2O3/c1-17(2,3)23-16(22)20-12-6-4-5-11-19-15(21)13-7-9-14(18)10-8-13/h7-10H,4-6,11-12H2,1-3H3,(H,19,21)(H,20,22). The highest BCUT2D eigenvalue weighted by molar-refractivity contribution is 5.94. The van der Waals surface area contributed by atoms with Crippen LogP contribution >= 0.6 is 0 Å². The quantitative estimate of drug-likeness (QED) is 0.757. The zero-order chi connectivity index (χ0) is 17.3. The molecule has 1 rings (SSSR count). The molecule has 6 heteroatoms. The van der Waals surface area contributed by atoms with E-state index in [4.69, 9.17) is 4.74 Å². The first-order valence-electron chi connectivity index (χ1n) is 7.78. The summed E-state index contributed by atoms with van der Waals surface area (Å²) >= 11 is 0. The Kier molecular flexibility index (Phi) is 7.51. The number of alkyl carbamates (subject to hydrolysis) is 1. The molecule has 0 heterocycles. The van der Waals surface area contributed by atoms with Crippen molar-refractivity contribution in [1.29, 1.82) is 0 Å². The molecule has 0 radical (unpaired) electrons. The number of nitrogens with one attached hydrogen (secondary N) is 2. The molecule has 0 unspecified atom stereocenters. The Morgan fingerprint density at radius 3 is 2.13 bits per heavy atom. The summed E-state index contributed by atoms with van der Waals surface area (Å²) < 4.78 is 17.9. The van der Waals surface area contributed by atoms with Gasteiger partial charge >= 0.3 is 6.09 Å². The molecular formula is C17H25FN2O3. The van der Waals surface area contributed by atoms with Crippen molar-refractivity contribution in [3.63, 3.8) is 0 Å². The van der Waals surface area contributed by atoms with E-state index in [1.54, 1.807) is 0 Å². The fraction of sp³-hybridized carbons (Fsp3) is 0.529. The maximum absolute atomic E-state index is 12.8. The molecule has 0 atom stereocenters. The number of hydrogen-bond acceptors (Lipinski definition) is 3. The number of rotatable bonds is 7. The van der Waals surface area contributed by atoms with Crippen molar-refractivity contribution >= 4 is 12.0 Å². The molecule has 128 valence electrons. The first-order chi connectivity index (χ1) is 10.8. The normalized spacial score (nSPS) is 11.0. The zero-order valence-corrected chi connectivity index (χ0v) is 13.9. The highest BCUT2D eigenvalue weighted by atomic mass is 19.1. The summed E-state index contributed by atoms with van der Waals surface area (Å²) in [7, 11) is 0. The summed E-state index contributed by atoms with van der Waals surface area (Å²) in [6.45, 7) is 6.53. The molecule has 0 bridgehead atoms. The van der Waals surface area contributed by atoms with Gasteiger partial charge in [-0.05, 0) is 64.3 Å². The van der Waals surface area contributed by atoms with Crippen LogP contribution in [0, 0.1) is 5.82 Å². The average molecular weight is 324 g/mol. The van der Waals surface area contributed by atoms with Crippen LogP contribution in [0.5, 0.6) is 0 Å². The monoisotopic (exact) mass is 324 g/mol. The molecule has 1 aromatic rings. The number of unbranched alkanes of at least 4 members (excludes halogenated alkanes) is 2. The lowest BCUT2D eigenvalue weighted by molar-refractivity contribution is 0.0527. The van der Waals surface area contributed by atoms with Crippen molar-refractivity contribution in [3.8, 4) is 0 Å². The van der Waals surface area contributed by atoms with Crippen molar-refractivity contribution in [2.75, 3.05) is 13.1 Å². The van der Waals surface area contributed by atoms with E-state index < -0.39 is 11.7 Å². The SMILES string of the molecule is CC(C)(C)OC(=O)NCCCCCNC(=O)c1ccc(F)cc1. The van der Waals surface area contributed by atoms with E-state index >= 15 is 0 Å². The number of carbonyl (C=O) groups is 2. The van der Waals surface area contributed by atoms with Gasteiger partial charge in [0.1, 0.15) is 11.4 Å². The third-order valence-electron chi connectivity index (χ3n) is 2.91. The Bertz CT molecular complexity index is 510. The maximum atomic E-state index is 12.8. The fourth-order valence-electron chi connectivity index (χ4n) is 1.84. The van der Waals surface area contributed by atoms with Crippen LogP contribution in [0.2, 0.25) is 0 Å². The summed E-state index contributed by atoms with van der Waals surface area (Å²) in [6, 6.07) is 5.43. The molecule has 0 aromatic heterocycles. The number of hydrogen-bond donors (Lipinski definition) is 2. The highest BCUT2D eigenvalue weighted by Gasteiger charge is 2.15. The van der Waals surface area contributed by atoms with Gasteiger partial charge in [-0.25, -0.2) is 9.18 Å². The Balaban J connectivity index is 2.06. The third kappa shape index (κ3) is 8.80. The third-order valence-corrected chi connectivity index (χ3v) is 2.91. The highest BCUT2D eigenvalue weighted by Crippen LogP contribution is 2.06. The van der Waals surface area contributed by atoms with Crippen molar-refractivity contribution in [2.45, 2.75) is 45.6 Å². The Morgan fingerprint density at radius 1 is 1.00 bits per heavy atom. The van der Waals surface area contributed by atoms with Crippen LogP contribution in [0.1, 0.15) is 50.4 Å². The fourth-order valence-corrected chi connectivity index (χ4v) is 1.84. The van der Waals surface area contributed by atoms with Gasteiger partial charge in [-0.2, -0.15) is 0 Å². The molecule has 0 aliphatic carbocycles. The van der Waals surface area contributed by atoms with Gasteiger partial charge in [-0.3, -0.25) is 4.79 Å². The van der Waals surface area contributed by atoms with Gasteiger partial charge in [-0.15, -0.1) is 0 Å². The second kappa shape index (κ2) is 9.12. The number of carbonyl (C=O) groups excluding carboxylic acids is 2. The predicted molar refractivity (Wildman–Crippen MR) is 86.8 cm³/mol. The molecule has 0 fully saturated rings. The molecule has 2 amide bonds. The lowest BCUT2D eigenvalue weighted by Crippen LogP contribution is -2.33. The van der Waals surface area contributed by atoms with E-state index in [1.165, 1.54) is 24.3 Å². The minimum Gasteiger partial charge on any atom is -0.444 e. The van der Waals surface area contributed by atoms with E-state index in [0.29, 0.717) is 18.7 Å². The number of amides is 2. The lowest BCUT2D eigenvalue weighted by atomic mass is 10.2. The van der Waals surface area contributed by atoms with E-state index in [-0.39, 0.29) is 11.7 Å². The minimum absolute atomic E-state index is 0.211. The average Bonchev–Trinajstić information content (AvgIpc) is 2.45. The van der Waals surface area contributed by atoms with Crippen molar-refractivity contribution in [2.24, 2.45) is 0 Å². The van der Waals surface area contributed by atoms with Crippen LogP contribution in [-0.4, -0.2) is 30.7 Å². The summed E-state index contributed by atoms with van der Waals surface area (Å²) in [5.74, 6) is -0.573. The molecule has 23 heavy (non-hydrogen) atoms. The molecule has 0 aliphatic heterocycles. The van der Waals surface area contributed by atoms with Crippen molar-refractivity contribution in [3.05, 3.63) is 35.6 Å². The zero-order valence-electron chi connectivity index (χ0n) is 13.9. The van der Waals surface area contributed by atoms with Crippen LogP contribution in [0.4, 0.5) is 9.18 Å². The Morgan fingerprint density at radius 2 is 1.57 bits per heavy atom. The summed E-state index contributed by atoms with van der Waals surface area (Å²) in [6.07, 6.45) is 2.08. The van der Waals surface area contributed by atoms with Gasteiger partial charge in [0.15, 0.2) is 0 Å². The topological polar surface area (TPSA) is 67.4 Å². The molecule has 2 N–H and O–H groups in total. The van der Waals surface area contributed by atoms with Crippen molar-refractivity contribution in [1.82, 2.24) is 10.6 Å². The molecular weight excluding hydrogens is 299 g/mol. The molecule has 0 spiro atoms. The number of ether oxygens (including phenoxy) is 1. The molecule has 5 nitrogen and oxygen atoms in total. The van der Waals surface area contributed by atoms with Crippen molar-refractivity contribution < 1.29 is 18.7 Å². The molecule has 0 saturated carbocycles. The van der Waals surface area contributed by atoms with Crippen LogP contribution < -0.4 is 10.6 Å². The van der Waals surface area contributed by atoms with E-state index in [9.17, 15) is 14.0 Å². The minimum atomic E-state index is -0.491. The second-order valence-corrected chi connectivity index (χ2v) is 6.25. The van der Waals surface area contributed by atoms with Crippen LogP contribution in [0.25, 0.3) is 0 Å². The van der Waals surface area contributed by atoms with E-state index in [1.807, 2.05) is 20.8 Å². The number of halogens is 1. The van der Waals surface area contributed by atoms with Gasteiger partial charge in [-0.1, -0.05) is 0 Å². The second-order valence-electron chi connectivity index (χ2n) is 6.25.